The van der Waals surface area contributed by atoms with E-state index in [1.54, 1.807) is 0 Å². The summed E-state index contributed by atoms with van der Waals surface area (Å²) in [5.74, 6) is 0.534. The predicted octanol–water partition coefficient (Wildman–Crippen LogP) is 1.16. The van der Waals surface area contributed by atoms with Gasteiger partial charge in [-0.05, 0) is 31.6 Å². The SMILES string of the molecule is O=S(=O)(Cl)CCC1CCCS(=O)(=O)CC1. The van der Waals surface area contributed by atoms with Crippen LogP contribution >= 0.6 is 10.7 Å². The Bertz CT molecular complexity index is 398. The van der Waals surface area contributed by atoms with Crippen LogP contribution < -0.4 is 0 Å². The molecule has 4 nitrogen and oxygen atoms in total. The summed E-state index contributed by atoms with van der Waals surface area (Å²) in [5, 5.41) is 0. The molecule has 0 N–H and O–H groups in total. The Morgan fingerprint density at radius 3 is 2.47 bits per heavy atom. The lowest BCUT2D eigenvalue weighted by molar-refractivity contribution is 0.460. The summed E-state index contributed by atoms with van der Waals surface area (Å²) in [6.45, 7) is 0. The summed E-state index contributed by atoms with van der Waals surface area (Å²) in [7, 11) is -1.23. The topological polar surface area (TPSA) is 68.3 Å². The molecule has 0 aromatic carbocycles. The molecule has 1 aliphatic rings. The van der Waals surface area contributed by atoms with E-state index in [0.29, 0.717) is 19.3 Å². The van der Waals surface area contributed by atoms with Crippen LogP contribution in [0.15, 0.2) is 0 Å². The van der Waals surface area contributed by atoms with Gasteiger partial charge in [0.05, 0.1) is 17.3 Å². The fraction of sp³-hybridized carbons (Fsp3) is 1.00. The highest BCUT2D eigenvalue weighted by Crippen LogP contribution is 2.22. The Morgan fingerprint density at radius 2 is 1.87 bits per heavy atom. The summed E-state index contributed by atoms with van der Waals surface area (Å²) in [4.78, 5) is 0. The van der Waals surface area contributed by atoms with Crippen molar-refractivity contribution < 1.29 is 16.8 Å². The van der Waals surface area contributed by atoms with Gasteiger partial charge in [0.2, 0.25) is 9.05 Å². The molecule has 0 bridgehead atoms. The standard InChI is InChI=1S/C8H15ClO4S2/c9-15(12,13)7-4-8-2-1-5-14(10,11)6-3-8/h8H,1-7H2. The first-order valence-corrected chi connectivity index (χ1v) is 9.21. The van der Waals surface area contributed by atoms with Crippen LogP contribution in [0.4, 0.5) is 0 Å². The van der Waals surface area contributed by atoms with E-state index in [1.165, 1.54) is 0 Å². The predicted molar refractivity (Wildman–Crippen MR) is 60.3 cm³/mol. The molecule has 1 rings (SSSR count). The largest absolute Gasteiger partial charge is 0.232 e. The van der Waals surface area contributed by atoms with Gasteiger partial charge in [0.15, 0.2) is 0 Å². The van der Waals surface area contributed by atoms with Crippen molar-refractivity contribution in [3.05, 3.63) is 0 Å². The van der Waals surface area contributed by atoms with Crippen LogP contribution in [0.1, 0.15) is 25.7 Å². The molecule has 0 radical (unpaired) electrons. The Balaban J connectivity index is 2.45. The number of halogens is 1. The van der Waals surface area contributed by atoms with Gasteiger partial charge in [-0.25, -0.2) is 16.8 Å². The molecular formula is C8H15ClO4S2. The van der Waals surface area contributed by atoms with Crippen LogP contribution in [0.5, 0.6) is 0 Å². The van der Waals surface area contributed by atoms with Crippen LogP contribution in [0, 0.1) is 5.92 Å². The lowest BCUT2D eigenvalue weighted by atomic mass is 9.98. The van der Waals surface area contributed by atoms with Crippen LogP contribution in [0.3, 0.4) is 0 Å². The maximum absolute atomic E-state index is 11.3. The van der Waals surface area contributed by atoms with Crippen molar-refractivity contribution in [3.63, 3.8) is 0 Å². The lowest BCUT2D eigenvalue weighted by Gasteiger charge is -2.11. The van der Waals surface area contributed by atoms with Gasteiger partial charge in [-0.3, -0.25) is 0 Å². The van der Waals surface area contributed by atoms with Gasteiger partial charge < -0.3 is 0 Å². The maximum atomic E-state index is 11.3. The van der Waals surface area contributed by atoms with E-state index in [1.807, 2.05) is 0 Å². The lowest BCUT2D eigenvalue weighted by Crippen LogP contribution is -2.10. The normalized spacial score (nSPS) is 27.1. The third-order valence-electron chi connectivity index (χ3n) is 2.67. The average Bonchev–Trinajstić information content (AvgIpc) is 2.22. The molecule has 1 saturated heterocycles. The number of hydrogen-bond donors (Lipinski definition) is 0. The van der Waals surface area contributed by atoms with Crippen molar-refractivity contribution in [3.8, 4) is 0 Å². The second-order valence-corrected chi connectivity index (χ2v) is 9.18. The molecular weight excluding hydrogens is 260 g/mol. The van der Waals surface area contributed by atoms with Crippen LogP contribution in [0.2, 0.25) is 0 Å². The number of rotatable bonds is 3. The zero-order valence-corrected chi connectivity index (χ0v) is 10.7. The Morgan fingerprint density at radius 1 is 1.20 bits per heavy atom. The zero-order chi connectivity index (χ0) is 11.5. The first-order valence-electron chi connectivity index (χ1n) is 4.91. The van der Waals surface area contributed by atoms with Gasteiger partial charge in [0, 0.05) is 10.7 Å². The summed E-state index contributed by atoms with van der Waals surface area (Å²) in [6.07, 6.45) is 2.46. The van der Waals surface area contributed by atoms with E-state index >= 15 is 0 Å². The zero-order valence-electron chi connectivity index (χ0n) is 8.35. The minimum atomic E-state index is -3.44. The summed E-state index contributed by atoms with van der Waals surface area (Å²) in [5.41, 5.74) is 0. The first kappa shape index (κ1) is 13.3. The molecule has 0 spiro atoms. The van der Waals surface area contributed by atoms with E-state index in [0.717, 1.165) is 6.42 Å². The van der Waals surface area contributed by atoms with Crippen LogP contribution in [0.25, 0.3) is 0 Å². The molecule has 7 heteroatoms. The monoisotopic (exact) mass is 274 g/mol. The quantitative estimate of drug-likeness (QED) is 0.724. The van der Waals surface area contributed by atoms with Crippen molar-refractivity contribution in [2.24, 2.45) is 5.92 Å². The summed E-state index contributed by atoms with van der Waals surface area (Å²) in [6, 6.07) is 0. The molecule has 0 aromatic heterocycles. The van der Waals surface area contributed by atoms with E-state index in [9.17, 15) is 16.8 Å². The smallest absolute Gasteiger partial charge is 0.229 e. The van der Waals surface area contributed by atoms with E-state index < -0.39 is 18.9 Å². The van der Waals surface area contributed by atoms with Gasteiger partial charge in [-0.1, -0.05) is 0 Å². The van der Waals surface area contributed by atoms with Crippen molar-refractivity contribution >= 4 is 29.6 Å². The average molecular weight is 275 g/mol. The van der Waals surface area contributed by atoms with Crippen LogP contribution in [-0.2, 0) is 18.9 Å². The van der Waals surface area contributed by atoms with E-state index in [4.69, 9.17) is 10.7 Å². The highest BCUT2D eigenvalue weighted by Gasteiger charge is 2.21. The second-order valence-electron chi connectivity index (χ2n) is 3.98. The molecule has 1 heterocycles. The fourth-order valence-electron chi connectivity index (χ4n) is 1.78. The molecule has 15 heavy (non-hydrogen) atoms. The van der Waals surface area contributed by atoms with Gasteiger partial charge in [0.1, 0.15) is 9.84 Å². The summed E-state index contributed by atoms with van der Waals surface area (Å²) >= 11 is 0. The van der Waals surface area contributed by atoms with Gasteiger partial charge >= 0.3 is 0 Å². The van der Waals surface area contributed by atoms with Gasteiger partial charge in [-0.15, -0.1) is 0 Å². The van der Waals surface area contributed by atoms with E-state index in [-0.39, 0.29) is 23.2 Å². The molecule has 1 unspecified atom stereocenters. The molecule has 90 valence electrons. The van der Waals surface area contributed by atoms with Crippen molar-refractivity contribution in [2.75, 3.05) is 17.3 Å². The fourth-order valence-corrected chi connectivity index (χ4v) is 4.17. The molecule has 0 amide bonds. The molecule has 0 saturated carbocycles. The third kappa shape index (κ3) is 5.73. The molecule has 1 aliphatic heterocycles. The van der Waals surface area contributed by atoms with E-state index in [2.05, 4.69) is 0 Å². The second kappa shape index (κ2) is 5.01. The third-order valence-corrected chi connectivity index (χ3v) is 5.63. The molecule has 1 atom stereocenters. The molecule has 1 fully saturated rings. The Kier molecular flexibility index (Phi) is 4.43. The van der Waals surface area contributed by atoms with Crippen molar-refractivity contribution in [2.45, 2.75) is 25.7 Å². The minimum absolute atomic E-state index is 0.0563. The van der Waals surface area contributed by atoms with Gasteiger partial charge in [-0.2, -0.15) is 0 Å². The highest BCUT2D eigenvalue weighted by atomic mass is 35.7. The van der Waals surface area contributed by atoms with Crippen molar-refractivity contribution in [1.29, 1.82) is 0 Å². The van der Waals surface area contributed by atoms with Gasteiger partial charge in [0.25, 0.3) is 0 Å². The molecule has 0 aromatic rings. The first-order chi connectivity index (χ1) is 6.79. The van der Waals surface area contributed by atoms with Crippen LogP contribution in [-0.4, -0.2) is 34.1 Å². The highest BCUT2D eigenvalue weighted by molar-refractivity contribution is 8.13. The molecule has 0 aliphatic carbocycles. The minimum Gasteiger partial charge on any atom is -0.229 e. The number of hydrogen-bond acceptors (Lipinski definition) is 4. The Labute approximate surface area is 95.3 Å². The Hall–Kier alpha value is 0.190. The maximum Gasteiger partial charge on any atom is 0.232 e. The van der Waals surface area contributed by atoms with Crippen molar-refractivity contribution in [1.82, 2.24) is 0 Å². The summed E-state index contributed by atoms with van der Waals surface area (Å²) < 4.78 is 44.0. The number of sulfone groups is 1.